The third kappa shape index (κ3) is 5.44. The summed E-state index contributed by atoms with van der Waals surface area (Å²) >= 11 is 0. The molecule has 26 heavy (non-hydrogen) atoms. The maximum absolute atomic E-state index is 12.2. The molecule has 3 amide bonds. The number of nitrogens with zero attached hydrogens (tertiary/aromatic N) is 1. The molecule has 0 saturated carbocycles. The Morgan fingerprint density at radius 1 is 1.00 bits per heavy atom. The number of hydrogen-bond donors (Lipinski definition) is 4. The van der Waals surface area contributed by atoms with Gasteiger partial charge in [-0.2, -0.15) is 0 Å². The van der Waals surface area contributed by atoms with Crippen molar-refractivity contribution in [3.8, 4) is 0 Å². The standard InChI is InChI=1S/C19H29N5O2/c1-24-12-9-16(10-13-24)23-19(26)22-15-7-5-14(6-8-15)21-18(25)17-4-2-3-11-20-17/h5-8,16-17,20H,2-4,9-13H2,1H3,(H,21,25)(H2,22,23,26). The van der Waals surface area contributed by atoms with Crippen LogP contribution in [-0.4, -0.2) is 55.6 Å². The molecular formula is C19H29N5O2. The average Bonchev–Trinajstić information content (AvgIpc) is 2.66. The van der Waals surface area contributed by atoms with E-state index in [4.69, 9.17) is 0 Å². The van der Waals surface area contributed by atoms with E-state index in [0.29, 0.717) is 5.69 Å². The van der Waals surface area contributed by atoms with E-state index in [1.165, 1.54) is 0 Å². The van der Waals surface area contributed by atoms with Gasteiger partial charge in [0.05, 0.1) is 6.04 Å². The Morgan fingerprint density at radius 3 is 2.27 bits per heavy atom. The zero-order valence-corrected chi connectivity index (χ0v) is 15.4. The van der Waals surface area contributed by atoms with Crippen LogP contribution in [0, 0.1) is 0 Å². The Bertz CT molecular complexity index is 605. The van der Waals surface area contributed by atoms with E-state index in [1.54, 1.807) is 12.1 Å². The normalized spacial score (nSPS) is 21.8. The Kier molecular flexibility index (Phi) is 6.46. The lowest BCUT2D eigenvalue weighted by Crippen LogP contribution is -2.44. The quantitative estimate of drug-likeness (QED) is 0.662. The van der Waals surface area contributed by atoms with Gasteiger partial charge in [0.25, 0.3) is 0 Å². The Morgan fingerprint density at radius 2 is 1.65 bits per heavy atom. The summed E-state index contributed by atoms with van der Waals surface area (Å²) in [7, 11) is 2.10. The van der Waals surface area contributed by atoms with Crippen LogP contribution >= 0.6 is 0 Å². The minimum Gasteiger partial charge on any atom is -0.335 e. The van der Waals surface area contributed by atoms with E-state index in [2.05, 4.69) is 33.2 Å². The number of nitrogens with one attached hydrogen (secondary N) is 4. The zero-order valence-electron chi connectivity index (χ0n) is 15.4. The van der Waals surface area contributed by atoms with Crippen molar-refractivity contribution in [1.29, 1.82) is 0 Å². The van der Waals surface area contributed by atoms with E-state index < -0.39 is 0 Å². The Hall–Kier alpha value is -2.12. The van der Waals surface area contributed by atoms with E-state index in [0.717, 1.165) is 57.4 Å². The third-order valence-electron chi connectivity index (χ3n) is 5.09. The molecular weight excluding hydrogens is 330 g/mol. The smallest absolute Gasteiger partial charge is 0.319 e. The molecule has 4 N–H and O–H groups in total. The lowest BCUT2D eigenvalue weighted by Gasteiger charge is -2.29. The van der Waals surface area contributed by atoms with Gasteiger partial charge in [-0.05, 0) is 76.6 Å². The number of rotatable bonds is 4. The lowest BCUT2D eigenvalue weighted by molar-refractivity contribution is -0.118. The highest BCUT2D eigenvalue weighted by atomic mass is 16.2. The minimum absolute atomic E-state index is 0.00502. The molecule has 7 heteroatoms. The van der Waals surface area contributed by atoms with Gasteiger partial charge in [-0.1, -0.05) is 6.42 Å². The molecule has 1 unspecified atom stereocenters. The van der Waals surface area contributed by atoms with Crippen LogP contribution in [0.3, 0.4) is 0 Å². The summed E-state index contributed by atoms with van der Waals surface area (Å²) in [6, 6.07) is 7.17. The van der Waals surface area contributed by atoms with Crippen LogP contribution in [0.4, 0.5) is 16.2 Å². The highest BCUT2D eigenvalue weighted by Crippen LogP contribution is 2.16. The second-order valence-corrected chi connectivity index (χ2v) is 7.25. The molecule has 2 aliphatic heterocycles. The molecule has 2 aliphatic rings. The predicted octanol–water partition coefficient (Wildman–Crippen LogP) is 1.98. The largest absolute Gasteiger partial charge is 0.335 e. The van der Waals surface area contributed by atoms with E-state index >= 15 is 0 Å². The van der Waals surface area contributed by atoms with Crippen LogP contribution < -0.4 is 21.3 Å². The highest BCUT2D eigenvalue weighted by molar-refractivity contribution is 5.95. The number of carbonyl (C=O) groups excluding carboxylic acids is 2. The third-order valence-corrected chi connectivity index (χ3v) is 5.09. The first-order chi connectivity index (χ1) is 12.6. The molecule has 2 heterocycles. The Labute approximate surface area is 154 Å². The van der Waals surface area contributed by atoms with Crippen molar-refractivity contribution >= 4 is 23.3 Å². The van der Waals surface area contributed by atoms with Crippen molar-refractivity contribution < 1.29 is 9.59 Å². The molecule has 7 nitrogen and oxygen atoms in total. The summed E-state index contributed by atoms with van der Waals surface area (Å²) in [5.41, 5.74) is 1.45. The highest BCUT2D eigenvalue weighted by Gasteiger charge is 2.20. The molecule has 3 rings (SSSR count). The van der Waals surface area contributed by atoms with Crippen LogP contribution in [0.5, 0.6) is 0 Å². The van der Waals surface area contributed by atoms with Crippen LogP contribution in [0.1, 0.15) is 32.1 Å². The number of carbonyl (C=O) groups is 2. The average molecular weight is 359 g/mol. The molecule has 0 bridgehead atoms. The van der Waals surface area contributed by atoms with Crippen molar-refractivity contribution in [2.75, 3.05) is 37.3 Å². The van der Waals surface area contributed by atoms with E-state index in [-0.39, 0.29) is 24.0 Å². The number of anilines is 2. The second kappa shape index (κ2) is 9.00. The monoisotopic (exact) mass is 359 g/mol. The molecule has 142 valence electrons. The summed E-state index contributed by atoms with van der Waals surface area (Å²) in [5.74, 6) is 0.00502. The number of amides is 3. The molecule has 1 atom stereocenters. The van der Waals surface area contributed by atoms with Crippen molar-refractivity contribution in [3.63, 3.8) is 0 Å². The molecule has 1 aromatic rings. The van der Waals surface area contributed by atoms with Crippen molar-refractivity contribution in [2.24, 2.45) is 0 Å². The molecule has 2 fully saturated rings. The second-order valence-electron chi connectivity index (χ2n) is 7.25. The van der Waals surface area contributed by atoms with E-state index in [1.807, 2.05) is 12.1 Å². The van der Waals surface area contributed by atoms with Crippen LogP contribution in [0.25, 0.3) is 0 Å². The molecule has 0 aliphatic carbocycles. The maximum Gasteiger partial charge on any atom is 0.319 e. The Balaban J connectivity index is 1.44. The van der Waals surface area contributed by atoms with Gasteiger partial charge < -0.3 is 26.2 Å². The summed E-state index contributed by atoms with van der Waals surface area (Å²) in [6.07, 6.45) is 5.04. The minimum atomic E-state index is -0.178. The fraction of sp³-hybridized carbons (Fsp3) is 0.579. The predicted molar refractivity (Wildman–Crippen MR) is 103 cm³/mol. The topological polar surface area (TPSA) is 85.5 Å². The van der Waals surface area contributed by atoms with Gasteiger partial charge >= 0.3 is 6.03 Å². The lowest BCUT2D eigenvalue weighted by atomic mass is 10.0. The van der Waals surface area contributed by atoms with Gasteiger partial charge in [0, 0.05) is 17.4 Å². The number of hydrogen-bond acceptors (Lipinski definition) is 4. The molecule has 0 spiro atoms. The van der Waals surface area contributed by atoms with Crippen LogP contribution in [0.2, 0.25) is 0 Å². The molecule has 0 aromatic heterocycles. The fourth-order valence-corrected chi connectivity index (χ4v) is 3.45. The summed E-state index contributed by atoms with van der Waals surface area (Å²) in [6.45, 7) is 2.91. The van der Waals surface area contributed by atoms with E-state index in [9.17, 15) is 9.59 Å². The zero-order chi connectivity index (χ0) is 18.4. The number of likely N-dealkylation sites (tertiary alicyclic amines) is 1. The van der Waals surface area contributed by atoms with Gasteiger partial charge in [-0.15, -0.1) is 0 Å². The van der Waals surface area contributed by atoms with Gasteiger partial charge in [0.15, 0.2) is 0 Å². The van der Waals surface area contributed by atoms with Crippen molar-refractivity contribution in [3.05, 3.63) is 24.3 Å². The summed E-state index contributed by atoms with van der Waals surface area (Å²) < 4.78 is 0. The SMILES string of the molecule is CN1CCC(NC(=O)Nc2ccc(NC(=O)C3CCCCN3)cc2)CC1. The summed E-state index contributed by atoms with van der Waals surface area (Å²) in [4.78, 5) is 26.6. The van der Waals surface area contributed by atoms with Crippen molar-refractivity contribution in [1.82, 2.24) is 15.5 Å². The molecule has 0 radical (unpaired) electrons. The molecule has 2 saturated heterocycles. The first-order valence-electron chi connectivity index (χ1n) is 9.50. The van der Waals surface area contributed by atoms with Crippen LogP contribution in [0.15, 0.2) is 24.3 Å². The number of piperidine rings is 2. The molecule has 1 aromatic carbocycles. The van der Waals surface area contributed by atoms with Crippen LogP contribution in [-0.2, 0) is 4.79 Å². The van der Waals surface area contributed by atoms with Gasteiger partial charge in [-0.25, -0.2) is 4.79 Å². The number of benzene rings is 1. The first kappa shape index (κ1) is 18.7. The number of urea groups is 1. The van der Waals surface area contributed by atoms with Crippen molar-refractivity contribution in [2.45, 2.75) is 44.2 Å². The van der Waals surface area contributed by atoms with Gasteiger partial charge in [0.1, 0.15) is 0 Å². The van der Waals surface area contributed by atoms with Gasteiger partial charge in [-0.3, -0.25) is 4.79 Å². The first-order valence-corrected chi connectivity index (χ1v) is 9.50. The maximum atomic E-state index is 12.2. The van der Waals surface area contributed by atoms with Gasteiger partial charge in [0.2, 0.25) is 5.91 Å². The summed E-state index contributed by atoms with van der Waals surface area (Å²) in [5, 5.41) is 12.0. The fourth-order valence-electron chi connectivity index (χ4n) is 3.45.